The Hall–Kier alpha value is -1.26. The number of hydrogen-bond donors (Lipinski definition) is 0. The van der Waals surface area contributed by atoms with E-state index in [4.69, 9.17) is 21.1 Å². The van der Waals surface area contributed by atoms with Gasteiger partial charge in [-0.05, 0) is 40.9 Å². The van der Waals surface area contributed by atoms with Gasteiger partial charge in [0.1, 0.15) is 5.75 Å². The summed E-state index contributed by atoms with van der Waals surface area (Å²) in [6.07, 6.45) is 1.99. The molecule has 0 unspecified atom stereocenters. The second-order valence-electron chi connectivity index (χ2n) is 9.43. The predicted molar refractivity (Wildman–Crippen MR) is 119 cm³/mol. The number of hydrogen-bond acceptors (Lipinski definition) is 2. The van der Waals surface area contributed by atoms with Crippen LogP contribution in [0.1, 0.15) is 68.0 Å². The number of benzene rings is 1. The van der Waals surface area contributed by atoms with Crippen molar-refractivity contribution >= 4 is 19.9 Å². The van der Waals surface area contributed by atoms with Crippen molar-refractivity contribution in [3.63, 3.8) is 0 Å². The van der Waals surface area contributed by atoms with Gasteiger partial charge in [0.2, 0.25) is 0 Å². The van der Waals surface area contributed by atoms with Crippen LogP contribution in [0.2, 0.25) is 21.6 Å². The standard InChI is InChI=1S/C22H35ClN2OSi/c1-15(2)27(16(3)4,17(5)6)26-20-11-10-18(14-19(20)23)25-13-12-21(24-25)22(7,8)9/h10-17H,1-9H3. The Morgan fingerprint density at radius 3 is 1.93 bits per heavy atom. The normalized spacial score (nSPS) is 13.1. The summed E-state index contributed by atoms with van der Waals surface area (Å²) in [5.41, 5.74) is 3.56. The third-order valence-electron chi connectivity index (χ3n) is 5.53. The molecule has 27 heavy (non-hydrogen) atoms. The Kier molecular flexibility index (Phi) is 6.53. The van der Waals surface area contributed by atoms with Gasteiger partial charge in [0, 0.05) is 11.6 Å². The molecule has 0 atom stereocenters. The van der Waals surface area contributed by atoms with Crippen LogP contribution in [0.3, 0.4) is 0 Å². The van der Waals surface area contributed by atoms with Crippen LogP contribution in [0, 0.1) is 0 Å². The summed E-state index contributed by atoms with van der Waals surface area (Å²) in [5.74, 6) is 0.798. The molecule has 1 aromatic heterocycles. The summed E-state index contributed by atoms with van der Waals surface area (Å²) in [5, 5.41) is 5.36. The number of rotatable bonds is 6. The van der Waals surface area contributed by atoms with E-state index in [9.17, 15) is 0 Å². The lowest BCUT2D eigenvalue weighted by Gasteiger charge is -2.42. The molecule has 3 nitrogen and oxygen atoms in total. The average Bonchev–Trinajstić information content (AvgIpc) is 3.02. The molecule has 2 rings (SSSR count). The summed E-state index contributed by atoms with van der Waals surface area (Å²) < 4.78 is 8.63. The zero-order valence-electron chi connectivity index (χ0n) is 18.3. The highest BCUT2D eigenvalue weighted by atomic mass is 35.5. The topological polar surface area (TPSA) is 27.1 Å². The van der Waals surface area contributed by atoms with E-state index in [1.54, 1.807) is 0 Å². The lowest BCUT2D eigenvalue weighted by Crippen LogP contribution is -2.50. The Bertz CT molecular complexity index is 753. The van der Waals surface area contributed by atoms with Crippen LogP contribution >= 0.6 is 11.6 Å². The van der Waals surface area contributed by atoms with Crippen molar-refractivity contribution in [1.29, 1.82) is 0 Å². The number of halogens is 1. The minimum absolute atomic E-state index is 0.0229. The van der Waals surface area contributed by atoms with Crippen molar-refractivity contribution in [2.75, 3.05) is 0 Å². The Balaban J connectivity index is 2.38. The van der Waals surface area contributed by atoms with Crippen molar-refractivity contribution < 1.29 is 4.43 Å². The van der Waals surface area contributed by atoms with E-state index in [0.717, 1.165) is 17.1 Å². The molecule has 0 aliphatic carbocycles. The monoisotopic (exact) mass is 406 g/mol. The van der Waals surface area contributed by atoms with Crippen molar-refractivity contribution in [3.8, 4) is 11.4 Å². The first kappa shape index (κ1) is 22.0. The van der Waals surface area contributed by atoms with Crippen molar-refractivity contribution in [2.45, 2.75) is 84.4 Å². The average molecular weight is 407 g/mol. The second kappa shape index (κ2) is 8.00. The molecule has 0 N–H and O–H groups in total. The fourth-order valence-electron chi connectivity index (χ4n) is 4.13. The fourth-order valence-corrected chi connectivity index (χ4v) is 9.67. The maximum atomic E-state index is 6.74. The first-order valence-electron chi connectivity index (χ1n) is 9.94. The molecule has 0 saturated heterocycles. The maximum Gasteiger partial charge on any atom is 0.258 e. The van der Waals surface area contributed by atoms with E-state index >= 15 is 0 Å². The van der Waals surface area contributed by atoms with Crippen LogP contribution in [0.15, 0.2) is 30.5 Å². The highest BCUT2D eigenvalue weighted by Gasteiger charge is 2.47. The molecule has 0 aliphatic rings. The Morgan fingerprint density at radius 2 is 1.52 bits per heavy atom. The molecule has 0 aliphatic heterocycles. The molecule has 0 radical (unpaired) electrons. The van der Waals surface area contributed by atoms with E-state index in [1.165, 1.54) is 0 Å². The molecular weight excluding hydrogens is 372 g/mol. The lowest BCUT2D eigenvalue weighted by molar-refractivity contribution is 0.480. The van der Waals surface area contributed by atoms with Crippen LogP contribution in [-0.4, -0.2) is 18.1 Å². The van der Waals surface area contributed by atoms with Gasteiger partial charge in [0.05, 0.1) is 16.4 Å². The van der Waals surface area contributed by atoms with Crippen LogP contribution in [-0.2, 0) is 5.41 Å². The third kappa shape index (κ3) is 4.43. The summed E-state index contributed by atoms with van der Waals surface area (Å²) >= 11 is 6.65. The van der Waals surface area contributed by atoms with Gasteiger partial charge >= 0.3 is 0 Å². The van der Waals surface area contributed by atoms with Gasteiger partial charge in [-0.3, -0.25) is 0 Å². The van der Waals surface area contributed by atoms with Gasteiger partial charge in [0.25, 0.3) is 8.32 Å². The zero-order chi connectivity index (χ0) is 20.6. The van der Waals surface area contributed by atoms with Gasteiger partial charge in [-0.25, -0.2) is 4.68 Å². The third-order valence-corrected chi connectivity index (χ3v) is 11.8. The first-order chi connectivity index (χ1) is 12.4. The predicted octanol–water partition coefficient (Wildman–Crippen LogP) is 7.38. The van der Waals surface area contributed by atoms with Crippen LogP contribution in [0.4, 0.5) is 0 Å². The zero-order valence-corrected chi connectivity index (χ0v) is 20.1. The minimum Gasteiger partial charge on any atom is -0.542 e. The van der Waals surface area contributed by atoms with E-state index in [2.05, 4.69) is 68.4 Å². The number of aromatic nitrogens is 2. The summed E-state index contributed by atoms with van der Waals surface area (Å²) in [4.78, 5) is 0. The summed E-state index contributed by atoms with van der Waals surface area (Å²) in [6, 6.07) is 8.06. The SMILES string of the molecule is CC(C)[Si](Oc1ccc(-n2ccc(C(C)(C)C)n2)cc1Cl)(C(C)C)C(C)C. The Labute approximate surface area is 171 Å². The summed E-state index contributed by atoms with van der Waals surface area (Å²) in [7, 11) is -2.02. The highest BCUT2D eigenvalue weighted by molar-refractivity contribution is 6.78. The van der Waals surface area contributed by atoms with Crippen molar-refractivity contribution in [3.05, 3.63) is 41.2 Å². The maximum absolute atomic E-state index is 6.74. The molecular formula is C22H35ClN2OSi. The van der Waals surface area contributed by atoms with E-state index < -0.39 is 8.32 Å². The molecule has 0 saturated carbocycles. The van der Waals surface area contributed by atoms with Crippen molar-refractivity contribution in [1.82, 2.24) is 9.78 Å². The molecule has 5 heteroatoms. The largest absolute Gasteiger partial charge is 0.542 e. The molecule has 0 fully saturated rings. The second-order valence-corrected chi connectivity index (χ2v) is 15.2. The van der Waals surface area contributed by atoms with E-state index in [-0.39, 0.29) is 5.41 Å². The molecule has 0 bridgehead atoms. The van der Waals surface area contributed by atoms with Crippen LogP contribution in [0.5, 0.6) is 5.75 Å². The molecule has 1 aromatic carbocycles. The van der Waals surface area contributed by atoms with E-state index in [1.807, 2.05) is 29.1 Å². The fraction of sp³-hybridized carbons (Fsp3) is 0.591. The van der Waals surface area contributed by atoms with Gasteiger partial charge in [-0.1, -0.05) is 73.9 Å². The van der Waals surface area contributed by atoms with Gasteiger partial charge < -0.3 is 4.43 Å². The van der Waals surface area contributed by atoms with Gasteiger partial charge in [-0.2, -0.15) is 5.10 Å². The van der Waals surface area contributed by atoms with E-state index in [0.29, 0.717) is 21.6 Å². The minimum atomic E-state index is -2.02. The molecule has 0 spiro atoms. The molecule has 2 aromatic rings. The molecule has 1 heterocycles. The Morgan fingerprint density at radius 1 is 0.963 bits per heavy atom. The quantitative estimate of drug-likeness (QED) is 0.468. The number of nitrogens with zero attached hydrogens (tertiary/aromatic N) is 2. The molecule has 0 amide bonds. The van der Waals surface area contributed by atoms with Crippen molar-refractivity contribution in [2.24, 2.45) is 0 Å². The van der Waals surface area contributed by atoms with Crippen LogP contribution < -0.4 is 4.43 Å². The smallest absolute Gasteiger partial charge is 0.258 e. The summed E-state index contributed by atoms with van der Waals surface area (Å²) in [6.45, 7) is 20.2. The van der Waals surface area contributed by atoms with Gasteiger partial charge in [-0.15, -0.1) is 0 Å². The molecule has 150 valence electrons. The first-order valence-corrected chi connectivity index (χ1v) is 12.5. The highest BCUT2D eigenvalue weighted by Crippen LogP contribution is 2.44. The van der Waals surface area contributed by atoms with Gasteiger partial charge in [0.15, 0.2) is 0 Å². The lowest BCUT2D eigenvalue weighted by atomic mass is 9.93. The van der Waals surface area contributed by atoms with Crippen LogP contribution in [0.25, 0.3) is 5.69 Å².